The number of hydrogen-bond donors (Lipinski definition) is 4. The van der Waals surface area contributed by atoms with E-state index in [1.165, 1.54) is 25.4 Å². The summed E-state index contributed by atoms with van der Waals surface area (Å²) in [7, 11) is 0. The molecule has 0 radical (unpaired) electrons. The minimum Gasteiger partial charge on any atom is -0.484 e. The Balaban J connectivity index is 1.56. The number of halogens is 2. The number of aromatic nitrogens is 2. The number of imidazole rings is 1. The standard InChI is InChI=1S/C28H29ClFN5O6/c1-14(36)15-5-7-22-18(8-15)24(35-26(38)16-4-6-20(30)19(29)9-16)25(28(2,3)41-22)40-23(37)12-33-27(39)21(31)10-17-11-32-13-34-17/h4-9,11,13,21,24-25H,10,12,31H2,1-3H3,(H,32,34)(H,33,39)(H,35,38)/t21-,24-,25-/m0/s1. The van der Waals surface area contributed by atoms with Gasteiger partial charge in [0.05, 0.1) is 29.1 Å². The molecule has 4 rings (SSSR count). The second-order valence-corrected chi connectivity index (χ2v) is 10.5. The van der Waals surface area contributed by atoms with E-state index in [1.54, 1.807) is 38.2 Å². The number of nitrogens with zero attached hydrogens (tertiary/aromatic N) is 1. The van der Waals surface area contributed by atoms with Crippen LogP contribution in [0.3, 0.4) is 0 Å². The Bertz CT molecular complexity index is 1480. The summed E-state index contributed by atoms with van der Waals surface area (Å²) in [6.07, 6.45) is 2.11. The van der Waals surface area contributed by atoms with Crippen LogP contribution >= 0.6 is 11.6 Å². The van der Waals surface area contributed by atoms with E-state index in [4.69, 9.17) is 26.8 Å². The zero-order valence-electron chi connectivity index (χ0n) is 22.5. The number of carbonyl (C=O) groups is 4. The van der Waals surface area contributed by atoms with Gasteiger partial charge in [-0.25, -0.2) is 9.37 Å². The molecule has 2 heterocycles. The summed E-state index contributed by atoms with van der Waals surface area (Å²) in [5, 5.41) is 5.02. The van der Waals surface area contributed by atoms with Gasteiger partial charge in [-0.15, -0.1) is 0 Å². The van der Waals surface area contributed by atoms with Crippen LogP contribution in [0, 0.1) is 5.82 Å². The first-order valence-electron chi connectivity index (χ1n) is 12.7. The van der Waals surface area contributed by atoms with Crippen molar-refractivity contribution in [2.45, 2.75) is 51.0 Å². The predicted octanol–water partition coefficient (Wildman–Crippen LogP) is 2.64. The molecule has 0 unspecified atom stereocenters. The van der Waals surface area contributed by atoms with Gasteiger partial charge in [-0.05, 0) is 57.2 Å². The van der Waals surface area contributed by atoms with Crippen LogP contribution in [-0.4, -0.2) is 57.8 Å². The molecule has 3 aromatic rings. The van der Waals surface area contributed by atoms with Gasteiger partial charge in [0.1, 0.15) is 23.7 Å². The highest BCUT2D eigenvalue weighted by molar-refractivity contribution is 6.31. The number of esters is 1. The molecular weight excluding hydrogens is 557 g/mol. The molecule has 1 aromatic heterocycles. The van der Waals surface area contributed by atoms with Gasteiger partial charge in [-0.2, -0.15) is 0 Å². The number of fused-ring (bicyclic) bond motifs is 1. The Kier molecular flexibility index (Phi) is 8.74. The minimum absolute atomic E-state index is 0.0632. The van der Waals surface area contributed by atoms with Gasteiger partial charge >= 0.3 is 5.97 Å². The van der Waals surface area contributed by atoms with Crippen molar-refractivity contribution < 1.29 is 33.0 Å². The van der Waals surface area contributed by atoms with Gasteiger partial charge in [0.25, 0.3) is 5.91 Å². The summed E-state index contributed by atoms with van der Waals surface area (Å²) < 4.78 is 25.6. The normalized spacial score (nSPS) is 17.9. The van der Waals surface area contributed by atoms with Crippen LogP contribution in [0.2, 0.25) is 5.02 Å². The maximum absolute atomic E-state index is 13.7. The number of Topliss-reactive ketones (excluding diaryl/α,β-unsaturated/α-hetero) is 1. The van der Waals surface area contributed by atoms with E-state index in [-0.39, 0.29) is 22.8 Å². The first kappa shape index (κ1) is 29.7. The lowest BCUT2D eigenvalue weighted by molar-refractivity contribution is -0.164. The monoisotopic (exact) mass is 585 g/mol. The van der Waals surface area contributed by atoms with E-state index in [1.807, 2.05) is 0 Å². The molecule has 2 aromatic carbocycles. The van der Waals surface area contributed by atoms with Crippen LogP contribution in [0.25, 0.3) is 0 Å². The Morgan fingerprint density at radius 3 is 2.59 bits per heavy atom. The molecule has 0 saturated heterocycles. The van der Waals surface area contributed by atoms with Crippen molar-refractivity contribution in [1.82, 2.24) is 20.6 Å². The summed E-state index contributed by atoms with van der Waals surface area (Å²) in [6, 6.07) is 6.28. The molecule has 41 heavy (non-hydrogen) atoms. The number of H-pyrrole nitrogens is 1. The fraction of sp³-hybridized carbons (Fsp3) is 0.321. The van der Waals surface area contributed by atoms with Crippen LogP contribution in [0.5, 0.6) is 5.75 Å². The Morgan fingerprint density at radius 2 is 1.93 bits per heavy atom. The van der Waals surface area contributed by atoms with Crippen LogP contribution in [0.15, 0.2) is 48.9 Å². The Labute approximate surface area is 239 Å². The maximum Gasteiger partial charge on any atom is 0.325 e. The highest BCUT2D eigenvalue weighted by atomic mass is 35.5. The third kappa shape index (κ3) is 6.90. The summed E-state index contributed by atoms with van der Waals surface area (Å²) in [6.45, 7) is 4.22. The van der Waals surface area contributed by atoms with E-state index in [9.17, 15) is 23.6 Å². The smallest absolute Gasteiger partial charge is 0.325 e. The molecule has 0 spiro atoms. The molecule has 1 aliphatic heterocycles. The number of hydrogen-bond acceptors (Lipinski definition) is 8. The zero-order valence-corrected chi connectivity index (χ0v) is 23.3. The number of carbonyl (C=O) groups excluding carboxylic acids is 4. The lowest BCUT2D eigenvalue weighted by Crippen LogP contribution is -2.56. The van der Waals surface area contributed by atoms with E-state index in [2.05, 4.69) is 20.6 Å². The fourth-order valence-corrected chi connectivity index (χ4v) is 4.61. The lowest BCUT2D eigenvalue weighted by atomic mass is 9.85. The van der Waals surface area contributed by atoms with Gasteiger partial charge in [0.2, 0.25) is 5.91 Å². The van der Waals surface area contributed by atoms with E-state index in [0.29, 0.717) is 22.6 Å². The summed E-state index contributed by atoms with van der Waals surface area (Å²) >= 11 is 5.87. The average molecular weight is 586 g/mol. The number of nitrogens with one attached hydrogen (secondary N) is 3. The van der Waals surface area contributed by atoms with Gasteiger partial charge < -0.3 is 30.8 Å². The first-order chi connectivity index (χ1) is 19.4. The van der Waals surface area contributed by atoms with Crippen LogP contribution in [0.1, 0.15) is 58.8 Å². The van der Waals surface area contributed by atoms with Crippen molar-refractivity contribution in [1.29, 1.82) is 0 Å². The van der Waals surface area contributed by atoms with Gasteiger partial charge in [0, 0.05) is 29.3 Å². The molecule has 1 aliphatic rings. The quantitative estimate of drug-likeness (QED) is 0.220. The van der Waals surface area contributed by atoms with Crippen molar-refractivity contribution in [3.05, 3.63) is 82.1 Å². The highest BCUT2D eigenvalue weighted by Gasteiger charge is 2.47. The molecule has 3 atom stereocenters. The fourth-order valence-electron chi connectivity index (χ4n) is 4.43. The molecule has 0 saturated carbocycles. The third-order valence-corrected chi connectivity index (χ3v) is 6.86. The minimum atomic E-state index is -1.17. The number of ketones is 1. The maximum atomic E-state index is 13.7. The molecule has 11 nitrogen and oxygen atoms in total. The largest absolute Gasteiger partial charge is 0.484 e. The summed E-state index contributed by atoms with van der Waals surface area (Å²) in [5.74, 6) is -2.58. The van der Waals surface area contributed by atoms with Gasteiger partial charge in [-0.1, -0.05) is 11.6 Å². The molecular formula is C28H29ClFN5O6. The highest BCUT2D eigenvalue weighted by Crippen LogP contribution is 2.42. The Hall–Kier alpha value is -4.29. The van der Waals surface area contributed by atoms with Gasteiger partial charge in [0.15, 0.2) is 11.9 Å². The van der Waals surface area contributed by atoms with Crippen molar-refractivity contribution >= 4 is 35.2 Å². The van der Waals surface area contributed by atoms with E-state index < -0.39 is 53.9 Å². The number of benzene rings is 2. The molecule has 2 amide bonds. The second-order valence-electron chi connectivity index (χ2n) is 10.1. The molecule has 216 valence electrons. The molecule has 0 bridgehead atoms. The molecule has 5 N–H and O–H groups in total. The topological polar surface area (TPSA) is 165 Å². The second kappa shape index (κ2) is 12.1. The van der Waals surface area contributed by atoms with Crippen molar-refractivity contribution in [2.24, 2.45) is 5.73 Å². The summed E-state index contributed by atoms with van der Waals surface area (Å²) in [4.78, 5) is 57.5. The summed E-state index contributed by atoms with van der Waals surface area (Å²) in [5.41, 5.74) is 6.14. The molecule has 0 aliphatic carbocycles. The van der Waals surface area contributed by atoms with Crippen molar-refractivity contribution in [2.75, 3.05) is 6.54 Å². The number of aromatic amines is 1. The zero-order chi connectivity index (χ0) is 29.9. The SMILES string of the molecule is CC(=O)c1ccc2c(c1)[C@H](NC(=O)c1ccc(F)c(Cl)c1)[C@H](OC(=O)CNC(=O)[C@@H](N)Cc1c[nH]cn1)C(C)(C)O2. The number of rotatable bonds is 9. The number of ether oxygens (including phenoxy) is 2. The average Bonchev–Trinajstić information content (AvgIpc) is 3.43. The molecule has 0 fully saturated rings. The molecule has 13 heteroatoms. The van der Waals surface area contributed by atoms with Gasteiger partial charge in [-0.3, -0.25) is 19.2 Å². The van der Waals surface area contributed by atoms with Crippen LogP contribution < -0.4 is 21.1 Å². The predicted molar refractivity (Wildman–Crippen MR) is 146 cm³/mol. The van der Waals surface area contributed by atoms with Crippen molar-refractivity contribution in [3.63, 3.8) is 0 Å². The van der Waals surface area contributed by atoms with Crippen LogP contribution in [-0.2, 0) is 20.7 Å². The number of nitrogens with two attached hydrogens (primary N) is 1. The van der Waals surface area contributed by atoms with Crippen LogP contribution in [0.4, 0.5) is 4.39 Å². The van der Waals surface area contributed by atoms with E-state index >= 15 is 0 Å². The first-order valence-corrected chi connectivity index (χ1v) is 13.0. The van der Waals surface area contributed by atoms with Crippen molar-refractivity contribution in [3.8, 4) is 5.75 Å². The Morgan fingerprint density at radius 1 is 1.20 bits per heavy atom. The van der Waals surface area contributed by atoms with E-state index in [0.717, 1.165) is 6.07 Å². The number of amides is 2. The third-order valence-electron chi connectivity index (χ3n) is 6.57. The lowest BCUT2D eigenvalue weighted by Gasteiger charge is -2.44.